The molecule has 0 spiro atoms. The van der Waals surface area contributed by atoms with Crippen molar-refractivity contribution in [3.8, 4) is 0 Å². The van der Waals surface area contributed by atoms with Gasteiger partial charge in [0.2, 0.25) is 0 Å². The van der Waals surface area contributed by atoms with E-state index in [-0.39, 0.29) is 24.8 Å². The predicted octanol–water partition coefficient (Wildman–Crippen LogP) is 1.61. The number of halogens is 2. The van der Waals surface area contributed by atoms with Gasteiger partial charge in [-0.05, 0) is 39.4 Å². The molecule has 2 heterocycles. The van der Waals surface area contributed by atoms with E-state index < -0.39 is 0 Å². The first-order chi connectivity index (χ1) is 7.34. The molecule has 0 aromatic heterocycles. The summed E-state index contributed by atoms with van der Waals surface area (Å²) in [5, 5.41) is 3.63. The van der Waals surface area contributed by atoms with Crippen molar-refractivity contribution in [3.05, 3.63) is 0 Å². The summed E-state index contributed by atoms with van der Waals surface area (Å²) in [5.41, 5.74) is 0. The molecule has 0 aliphatic carbocycles. The van der Waals surface area contributed by atoms with Crippen molar-refractivity contribution in [2.24, 2.45) is 0 Å². The third kappa shape index (κ3) is 6.25. The Hall–Kier alpha value is 0.460. The summed E-state index contributed by atoms with van der Waals surface area (Å²) in [5.74, 6) is 0. The zero-order valence-corrected chi connectivity index (χ0v) is 12.5. The Morgan fingerprint density at radius 1 is 1.06 bits per heavy atom. The van der Waals surface area contributed by atoms with E-state index >= 15 is 0 Å². The largest absolute Gasteiger partial charge is 0.314 e. The number of piperidine rings is 1. The topological polar surface area (TPSA) is 18.5 Å². The number of likely N-dealkylation sites (N-methyl/N-ethyl adjacent to an activating group) is 1. The third-order valence-electron chi connectivity index (χ3n) is 3.80. The second-order valence-corrected chi connectivity index (χ2v) is 5.08. The van der Waals surface area contributed by atoms with E-state index in [9.17, 15) is 0 Å². The molecule has 2 fully saturated rings. The minimum Gasteiger partial charge on any atom is -0.314 e. The second kappa shape index (κ2) is 9.40. The van der Waals surface area contributed by atoms with Gasteiger partial charge >= 0.3 is 0 Å². The van der Waals surface area contributed by atoms with Gasteiger partial charge in [0.25, 0.3) is 0 Å². The molecular formula is C12H27Cl2N3. The van der Waals surface area contributed by atoms with Crippen LogP contribution in [0.1, 0.15) is 25.7 Å². The number of nitrogens with one attached hydrogen (secondary N) is 1. The van der Waals surface area contributed by atoms with Gasteiger partial charge in [-0.2, -0.15) is 0 Å². The summed E-state index contributed by atoms with van der Waals surface area (Å²) in [7, 11) is 2.22. The molecule has 17 heavy (non-hydrogen) atoms. The summed E-state index contributed by atoms with van der Waals surface area (Å²) < 4.78 is 0. The molecule has 2 rings (SSSR count). The van der Waals surface area contributed by atoms with Crippen LogP contribution in [-0.4, -0.2) is 62.2 Å². The third-order valence-corrected chi connectivity index (χ3v) is 3.80. The van der Waals surface area contributed by atoms with Crippen molar-refractivity contribution >= 4 is 24.8 Å². The van der Waals surface area contributed by atoms with Crippen LogP contribution in [0.4, 0.5) is 0 Å². The van der Waals surface area contributed by atoms with Crippen LogP contribution in [-0.2, 0) is 0 Å². The van der Waals surface area contributed by atoms with Gasteiger partial charge in [0, 0.05) is 32.2 Å². The van der Waals surface area contributed by atoms with Crippen LogP contribution < -0.4 is 5.32 Å². The molecule has 1 atom stereocenters. The Kier molecular flexibility index (Phi) is 9.65. The molecule has 1 unspecified atom stereocenters. The Bertz CT molecular complexity index is 179. The summed E-state index contributed by atoms with van der Waals surface area (Å²) in [6.45, 7) is 7.57. The lowest BCUT2D eigenvalue weighted by atomic mass is 10.0. The van der Waals surface area contributed by atoms with Crippen LogP contribution in [0.25, 0.3) is 0 Å². The molecule has 2 aliphatic rings. The molecule has 0 saturated carbocycles. The van der Waals surface area contributed by atoms with Crippen LogP contribution in [0.5, 0.6) is 0 Å². The standard InChI is InChI=1S/C12H25N3.2ClH/c1-14-8-10-15(11-9-14)7-5-12-4-2-3-6-13-12;;/h12-13H,2-11H2,1H3;2*1H. The Morgan fingerprint density at radius 2 is 1.76 bits per heavy atom. The summed E-state index contributed by atoms with van der Waals surface area (Å²) in [6.07, 6.45) is 5.56. The van der Waals surface area contributed by atoms with Crippen molar-refractivity contribution in [2.75, 3.05) is 46.3 Å². The van der Waals surface area contributed by atoms with Crippen molar-refractivity contribution < 1.29 is 0 Å². The fraction of sp³-hybridized carbons (Fsp3) is 1.00. The highest BCUT2D eigenvalue weighted by Gasteiger charge is 2.16. The molecule has 0 aromatic carbocycles. The predicted molar refractivity (Wildman–Crippen MR) is 78.7 cm³/mol. The van der Waals surface area contributed by atoms with Gasteiger partial charge in [-0.15, -0.1) is 24.8 Å². The summed E-state index contributed by atoms with van der Waals surface area (Å²) >= 11 is 0. The highest BCUT2D eigenvalue weighted by molar-refractivity contribution is 5.85. The van der Waals surface area contributed by atoms with Gasteiger partial charge in [-0.25, -0.2) is 0 Å². The van der Waals surface area contributed by atoms with E-state index in [1.165, 1.54) is 65.0 Å². The molecule has 0 radical (unpaired) electrons. The lowest BCUT2D eigenvalue weighted by Gasteiger charge is -2.33. The molecule has 0 aromatic rings. The highest BCUT2D eigenvalue weighted by Crippen LogP contribution is 2.11. The maximum absolute atomic E-state index is 3.63. The molecule has 0 amide bonds. The lowest BCUT2D eigenvalue weighted by Crippen LogP contribution is -2.46. The Labute approximate surface area is 118 Å². The average molecular weight is 284 g/mol. The zero-order valence-electron chi connectivity index (χ0n) is 10.9. The first kappa shape index (κ1) is 17.5. The van der Waals surface area contributed by atoms with Gasteiger partial charge in [0.05, 0.1) is 0 Å². The molecule has 1 N–H and O–H groups in total. The number of nitrogens with zero attached hydrogens (tertiary/aromatic N) is 2. The molecule has 3 nitrogen and oxygen atoms in total. The molecule has 104 valence electrons. The molecule has 5 heteroatoms. The van der Waals surface area contributed by atoms with Gasteiger partial charge in [0.15, 0.2) is 0 Å². The van der Waals surface area contributed by atoms with Crippen molar-refractivity contribution in [3.63, 3.8) is 0 Å². The Morgan fingerprint density at radius 3 is 2.35 bits per heavy atom. The minimum atomic E-state index is 0. The molecular weight excluding hydrogens is 257 g/mol. The van der Waals surface area contributed by atoms with E-state index in [0.717, 1.165) is 6.04 Å². The molecule has 2 saturated heterocycles. The summed E-state index contributed by atoms with van der Waals surface area (Å²) in [4.78, 5) is 5.05. The first-order valence-electron chi connectivity index (χ1n) is 6.49. The van der Waals surface area contributed by atoms with Crippen molar-refractivity contribution in [1.82, 2.24) is 15.1 Å². The smallest absolute Gasteiger partial charge is 0.0110 e. The number of piperazine rings is 1. The van der Waals surface area contributed by atoms with Gasteiger partial charge in [-0.3, -0.25) is 0 Å². The van der Waals surface area contributed by atoms with E-state index in [0.29, 0.717) is 0 Å². The number of rotatable bonds is 3. The Balaban J connectivity index is 0.00000128. The lowest BCUT2D eigenvalue weighted by molar-refractivity contribution is 0.147. The monoisotopic (exact) mass is 283 g/mol. The van der Waals surface area contributed by atoms with Crippen LogP contribution in [0, 0.1) is 0 Å². The van der Waals surface area contributed by atoms with E-state index in [1.807, 2.05) is 0 Å². The highest BCUT2D eigenvalue weighted by atomic mass is 35.5. The first-order valence-corrected chi connectivity index (χ1v) is 6.49. The van der Waals surface area contributed by atoms with E-state index in [2.05, 4.69) is 22.2 Å². The normalized spacial score (nSPS) is 27.0. The van der Waals surface area contributed by atoms with Crippen LogP contribution >= 0.6 is 24.8 Å². The zero-order chi connectivity index (χ0) is 10.5. The van der Waals surface area contributed by atoms with E-state index in [4.69, 9.17) is 0 Å². The molecule has 0 bridgehead atoms. The maximum atomic E-state index is 3.63. The fourth-order valence-electron chi connectivity index (χ4n) is 2.58. The van der Waals surface area contributed by atoms with Gasteiger partial charge in [0.1, 0.15) is 0 Å². The van der Waals surface area contributed by atoms with Crippen LogP contribution in [0.2, 0.25) is 0 Å². The molecule has 2 aliphatic heterocycles. The number of hydrogen-bond donors (Lipinski definition) is 1. The quantitative estimate of drug-likeness (QED) is 0.849. The number of hydrogen-bond acceptors (Lipinski definition) is 3. The SMILES string of the molecule is CN1CCN(CCC2CCCCN2)CC1.Cl.Cl. The van der Waals surface area contributed by atoms with Gasteiger partial charge in [-0.1, -0.05) is 6.42 Å². The van der Waals surface area contributed by atoms with Gasteiger partial charge < -0.3 is 15.1 Å². The van der Waals surface area contributed by atoms with E-state index in [1.54, 1.807) is 0 Å². The van der Waals surface area contributed by atoms with Crippen LogP contribution in [0.15, 0.2) is 0 Å². The maximum Gasteiger partial charge on any atom is 0.0110 e. The second-order valence-electron chi connectivity index (χ2n) is 5.08. The van der Waals surface area contributed by atoms with Crippen molar-refractivity contribution in [2.45, 2.75) is 31.7 Å². The fourth-order valence-corrected chi connectivity index (χ4v) is 2.58. The minimum absolute atomic E-state index is 0. The van der Waals surface area contributed by atoms with Crippen molar-refractivity contribution in [1.29, 1.82) is 0 Å². The van der Waals surface area contributed by atoms with Crippen LogP contribution in [0.3, 0.4) is 0 Å². The average Bonchev–Trinajstić information content (AvgIpc) is 2.30. The summed E-state index contributed by atoms with van der Waals surface area (Å²) in [6, 6.07) is 0.804.